The highest BCUT2D eigenvalue weighted by Crippen LogP contribution is 2.33. The van der Waals surface area contributed by atoms with E-state index >= 15 is 0 Å². The number of carbonyl (C=O) groups excluding carboxylic acids is 1. The Morgan fingerprint density at radius 2 is 1.86 bits per heavy atom. The average Bonchev–Trinajstić information content (AvgIpc) is 2.16. The Morgan fingerprint density at radius 1 is 1.29 bits per heavy atom. The highest BCUT2D eigenvalue weighted by atomic mass is 35.5. The molecule has 0 saturated heterocycles. The van der Waals surface area contributed by atoms with Crippen molar-refractivity contribution in [3.8, 4) is 11.5 Å². The lowest BCUT2D eigenvalue weighted by Gasteiger charge is -2.29. The van der Waals surface area contributed by atoms with E-state index in [0.29, 0.717) is 11.5 Å². The quantitative estimate of drug-likeness (QED) is 0.668. The van der Waals surface area contributed by atoms with Crippen LogP contribution in [0.3, 0.4) is 0 Å². The van der Waals surface area contributed by atoms with Crippen LogP contribution >= 0.6 is 11.6 Å². The van der Waals surface area contributed by atoms with Gasteiger partial charge in [-0.2, -0.15) is 0 Å². The molecule has 1 aromatic rings. The fourth-order valence-corrected chi connectivity index (χ4v) is 1.59. The average molecular weight is 213 g/mol. The lowest BCUT2D eigenvalue weighted by Crippen LogP contribution is -2.41. The van der Waals surface area contributed by atoms with Gasteiger partial charge in [0, 0.05) is 0 Å². The summed E-state index contributed by atoms with van der Waals surface area (Å²) in [6, 6.07) is 7.19. The summed E-state index contributed by atoms with van der Waals surface area (Å²) >= 11 is 5.37. The van der Waals surface area contributed by atoms with E-state index in [1.807, 2.05) is 12.1 Å². The number of carbonyl (C=O) groups is 1. The molecule has 0 aliphatic carbocycles. The van der Waals surface area contributed by atoms with Crippen LogP contribution in [0, 0.1) is 0 Å². The maximum atomic E-state index is 11.0. The second-order valence-corrected chi connectivity index (χ2v) is 3.48. The van der Waals surface area contributed by atoms with Crippen LogP contribution in [0.4, 0.5) is 0 Å². The largest absolute Gasteiger partial charge is 0.482 e. The minimum absolute atomic E-state index is 0.352. The third-order valence-corrected chi connectivity index (χ3v) is 2.28. The van der Waals surface area contributed by atoms with Crippen molar-refractivity contribution in [1.82, 2.24) is 0 Å². The molecule has 0 N–H and O–H groups in total. The number of hydrogen-bond donors (Lipinski definition) is 0. The van der Waals surface area contributed by atoms with E-state index in [-0.39, 0.29) is 6.10 Å². The molecule has 0 spiro atoms. The summed E-state index contributed by atoms with van der Waals surface area (Å²) in [6.45, 7) is 1.75. The van der Waals surface area contributed by atoms with Gasteiger partial charge >= 0.3 is 0 Å². The molecule has 0 fully saturated rings. The van der Waals surface area contributed by atoms with Gasteiger partial charge in [0.25, 0.3) is 5.24 Å². The number of rotatable bonds is 1. The third kappa shape index (κ3) is 1.55. The fraction of sp³-hybridized carbons (Fsp3) is 0.300. The molecular formula is C10H9ClO3. The molecule has 2 rings (SSSR count). The Kier molecular flexibility index (Phi) is 2.33. The lowest BCUT2D eigenvalue weighted by molar-refractivity contribution is -0.122. The molecule has 2 atom stereocenters. The van der Waals surface area contributed by atoms with Crippen molar-refractivity contribution in [2.24, 2.45) is 0 Å². The van der Waals surface area contributed by atoms with Crippen molar-refractivity contribution in [2.45, 2.75) is 19.1 Å². The predicted octanol–water partition coefficient (Wildman–Crippen LogP) is 1.98. The van der Waals surface area contributed by atoms with Gasteiger partial charge in [-0.3, -0.25) is 4.79 Å². The standard InChI is InChI=1S/C10H9ClO3/c1-6-9(10(11)12)14-8-5-3-2-4-7(8)13-6/h2-6,9H,1H3/t6-,9-/m0/s1. The first-order valence-corrected chi connectivity index (χ1v) is 4.68. The fourth-order valence-electron chi connectivity index (χ4n) is 1.37. The molecule has 0 radical (unpaired) electrons. The van der Waals surface area contributed by atoms with Crippen LogP contribution in [0.5, 0.6) is 11.5 Å². The first-order valence-electron chi connectivity index (χ1n) is 4.30. The van der Waals surface area contributed by atoms with Crippen molar-refractivity contribution in [3.05, 3.63) is 24.3 Å². The first-order chi connectivity index (χ1) is 6.68. The monoisotopic (exact) mass is 212 g/mol. The highest BCUT2D eigenvalue weighted by Gasteiger charge is 2.32. The summed E-state index contributed by atoms with van der Waals surface area (Å²) in [5.41, 5.74) is 0. The zero-order chi connectivity index (χ0) is 10.1. The van der Waals surface area contributed by atoms with Crippen LogP contribution < -0.4 is 9.47 Å². The predicted molar refractivity (Wildman–Crippen MR) is 51.8 cm³/mol. The van der Waals surface area contributed by atoms with Crippen molar-refractivity contribution >= 4 is 16.8 Å². The summed E-state index contributed by atoms with van der Waals surface area (Å²) in [6.07, 6.45) is -1.07. The molecule has 0 amide bonds. The molecule has 0 bridgehead atoms. The molecule has 4 heteroatoms. The summed E-state index contributed by atoms with van der Waals surface area (Å²) < 4.78 is 10.9. The SMILES string of the molecule is C[C@@H]1Oc2ccccc2O[C@@H]1C(=O)Cl. The number of halogens is 1. The molecule has 1 aliphatic rings. The summed E-state index contributed by atoms with van der Waals surface area (Å²) in [7, 11) is 0. The summed E-state index contributed by atoms with van der Waals surface area (Å²) in [4.78, 5) is 11.0. The van der Waals surface area contributed by atoms with Crippen molar-refractivity contribution in [1.29, 1.82) is 0 Å². The minimum atomic E-state index is -0.716. The van der Waals surface area contributed by atoms with Crippen molar-refractivity contribution in [3.63, 3.8) is 0 Å². The molecular weight excluding hydrogens is 204 g/mol. The molecule has 0 saturated carbocycles. The van der Waals surface area contributed by atoms with Crippen LogP contribution in [-0.4, -0.2) is 17.5 Å². The van der Waals surface area contributed by atoms with Crippen LogP contribution in [-0.2, 0) is 4.79 Å². The molecule has 74 valence electrons. The van der Waals surface area contributed by atoms with Crippen molar-refractivity contribution in [2.75, 3.05) is 0 Å². The normalized spacial score (nSPS) is 24.4. The number of benzene rings is 1. The van der Waals surface area contributed by atoms with Crippen LogP contribution in [0.1, 0.15) is 6.92 Å². The van der Waals surface area contributed by atoms with Gasteiger partial charge in [-0.25, -0.2) is 0 Å². The van der Waals surface area contributed by atoms with Gasteiger partial charge in [-0.15, -0.1) is 0 Å². The van der Waals surface area contributed by atoms with Gasteiger partial charge in [0.2, 0.25) is 6.10 Å². The molecule has 0 unspecified atom stereocenters. The zero-order valence-electron chi connectivity index (χ0n) is 7.57. The van der Waals surface area contributed by atoms with E-state index in [2.05, 4.69) is 0 Å². The van der Waals surface area contributed by atoms with Gasteiger partial charge in [0.1, 0.15) is 6.10 Å². The molecule has 1 aromatic carbocycles. The maximum absolute atomic E-state index is 11.0. The van der Waals surface area contributed by atoms with Crippen LogP contribution in [0.25, 0.3) is 0 Å². The Bertz CT molecular complexity index is 364. The second kappa shape index (κ2) is 3.50. The molecule has 14 heavy (non-hydrogen) atoms. The van der Waals surface area contributed by atoms with Gasteiger partial charge in [-0.05, 0) is 30.7 Å². The van der Waals surface area contributed by atoms with Crippen molar-refractivity contribution < 1.29 is 14.3 Å². The van der Waals surface area contributed by atoms with Gasteiger partial charge in [0.15, 0.2) is 11.5 Å². The topological polar surface area (TPSA) is 35.5 Å². The first kappa shape index (κ1) is 9.34. The molecule has 1 aliphatic heterocycles. The third-order valence-electron chi connectivity index (χ3n) is 2.07. The van der Waals surface area contributed by atoms with Crippen LogP contribution in [0.15, 0.2) is 24.3 Å². The number of hydrogen-bond acceptors (Lipinski definition) is 3. The zero-order valence-corrected chi connectivity index (χ0v) is 8.32. The maximum Gasteiger partial charge on any atom is 0.266 e. The number of ether oxygens (including phenoxy) is 2. The van der Waals surface area contributed by atoms with E-state index in [4.69, 9.17) is 21.1 Å². The lowest BCUT2D eigenvalue weighted by atomic mass is 10.2. The van der Waals surface area contributed by atoms with Crippen LogP contribution in [0.2, 0.25) is 0 Å². The molecule has 1 heterocycles. The van der Waals surface area contributed by atoms with E-state index < -0.39 is 11.3 Å². The second-order valence-electron chi connectivity index (χ2n) is 3.11. The minimum Gasteiger partial charge on any atom is -0.482 e. The Labute approximate surface area is 86.6 Å². The number of fused-ring (bicyclic) bond motifs is 1. The van der Waals surface area contributed by atoms with E-state index in [9.17, 15) is 4.79 Å². The van der Waals surface area contributed by atoms with Gasteiger partial charge in [-0.1, -0.05) is 12.1 Å². The Hall–Kier alpha value is -1.22. The summed E-state index contributed by atoms with van der Waals surface area (Å²) in [5.74, 6) is 1.21. The smallest absolute Gasteiger partial charge is 0.266 e. The van der Waals surface area contributed by atoms with E-state index in [1.54, 1.807) is 19.1 Å². The van der Waals surface area contributed by atoms with E-state index in [0.717, 1.165) is 0 Å². The Morgan fingerprint density at radius 3 is 2.43 bits per heavy atom. The summed E-state index contributed by atoms with van der Waals surface area (Å²) in [5, 5.41) is -0.535. The number of para-hydroxylation sites is 2. The Balaban J connectivity index is 2.31. The molecule has 0 aromatic heterocycles. The van der Waals surface area contributed by atoms with Gasteiger partial charge < -0.3 is 9.47 Å². The highest BCUT2D eigenvalue weighted by molar-refractivity contribution is 6.64. The van der Waals surface area contributed by atoms with Gasteiger partial charge in [0.05, 0.1) is 0 Å². The van der Waals surface area contributed by atoms with E-state index in [1.165, 1.54) is 0 Å². The molecule has 3 nitrogen and oxygen atoms in total.